The van der Waals surface area contributed by atoms with Crippen molar-refractivity contribution in [3.8, 4) is 11.5 Å². The van der Waals surface area contributed by atoms with Crippen LogP contribution in [0.3, 0.4) is 0 Å². The van der Waals surface area contributed by atoms with Crippen molar-refractivity contribution in [3.05, 3.63) is 18.2 Å². The molecular weight excluding hydrogens is 218 g/mol. The summed E-state index contributed by atoms with van der Waals surface area (Å²) in [5.74, 6) is 1.47. The number of aliphatic hydroxyl groups is 1. The molecule has 1 aromatic rings. The SMILES string of the molecule is CCOc1ccc(NC[C@H](C)O)cc1OCC. The summed E-state index contributed by atoms with van der Waals surface area (Å²) < 4.78 is 11.0. The lowest BCUT2D eigenvalue weighted by molar-refractivity contribution is 0.208. The van der Waals surface area contributed by atoms with E-state index in [0.29, 0.717) is 19.8 Å². The van der Waals surface area contributed by atoms with Crippen molar-refractivity contribution in [2.24, 2.45) is 0 Å². The van der Waals surface area contributed by atoms with Gasteiger partial charge < -0.3 is 19.9 Å². The number of anilines is 1. The molecule has 96 valence electrons. The van der Waals surface area contributed by atoms with Gasteiger partial charge in [0.1, 0.15) is 0 Å². The number of benzene rings is 1. The molecule has 0 amide bonds. The molecule has 0 bridgehead atoms. The number of hydrogen-bond donors (Lipinski definition) is 2. The molecule has 0 aliphatic heterocycles. The molecule has 0 saturated heterocycles. The standard InChI is InChI=1S/C13H21NO3/c1-4-16-12-7-6-11(14-9-10(3)15)8-13(12)17-5-2/h6-8,10,14-15H,4-5,9H2,1-3H3/t10-/m0/s1. The zero-order chi connectivity index (χ0) is 12.7. The van der Waals surface area contributed by atoms with E-state index in [4.69, 9.17) is 9.47 Å². The summed E-state index contributed by atoms with van der Waals surface area (Å²) >= 11 is 0. The molecule has 1 atom stereocenters. The Hall–Kier alpha value is -1.42. The van der Waals surface area contributed by atoms with Crippen LogP contribution in [-0.2, 0) is 0 Å². The van der Waals surface area contributed by atoms with Crippen molar-refractivity contribution >= 4 is 5.69 Å². The van der Waals surface area contributed by atoms with Crippen LogP contribution in [0.25, 0.3) is 0 Å². The van der Waals surface area contributed by atoms with E-state index >= 15 is 0 Å². The zero-order valence-electron chi connectivity index (χ0n) is 10.7. The Balaban J connectivity index is 2.77. The monoisotopic (exact) mass is 239 g/mol. The molecule has 0 radical (unpaired) electrons. The average Bonchev–Trinajstić information content (AvgIpc) is 2.30. The largest absolute Gasteiger partial charge is 0.490 e. The van der Waals surface area contributed by atoms with Crippen molar-refractivity contribution in [2.75, 3.05) is 25.1 Å². The Morgan fingerprint density at radius 2 is 1.82 bits per heavy atom. The summed E-state index contributed by atoms with van der Waals surface area (Å²) in [7, 11) is 0. The summed E-state index contributed by atoms with van der Waals surface area (Å²) in [6.07, 6.45) is -0.378. The van der Waals surface area contributed by atoms with Gasteiger partial charge in [0.25, 0.3) is 0 Å². The lowest BCUT2D eigenvalue weighted by Gasteiger charge is -2.14. The van der Waals surface area contributed by atoms with Crippen molar-refractivity contribution in [3.63, 3.8) is 0 Å². The minimum Gasteiger partial charge on any atom is -0.490 e. The Morgan fingerprint density at radius 1 is 1.18 bits per heavy atom. The van der Waals surface area contributed by atoms with Gasteiger partial charge in [0, 0.05) is 18.3 Å². The second kappa shape index (κ2) is 7.01. The maximum Gasteiger partial charge on any atom is 0.163 e. The van der Waals surface area contributed by atoms with E-state index in [9.17, 15) is 5.11 Å². The number of rotatable bonds is 7. The molecule has 0 saturated carbocycles. The third kappa shape index (κ3) is 4.53. The highest BCUT2D eigenvalue weighted by molar-refractivity contribution is 5.54. The molecule has 1 aromatic carbocycles. The Morgan fingerprint density at radius 3 is 2.41 bits per heavy atom. The number of aliphatic hydroxyl groups excluding tert-OH is 1. The molecule has 1 rings (SSSR count). The first-order chi connectivity index (χ1) is 8.17. The molecule has 4 nitrogen and oxygen atoms in total. The minimum atomic E-state index is -0.378. The first-order valence-electron chi connectivity index (χ1n) is 5.99. The van der Waals surface area contributed by atoms with Gasteiger partial charge in [-0.15, -0.1) is 0 Å². The average molecular weight is 239 g/mol. The van der Waals surface area contributed by atoms with Crippen LogP contribution in [0.2, 0.25) is 0 Å². The van der Waals surface area contributed by atoms with E-state index < -0.39 is 0 Å². The summed E-state index contributed by atoms with van der Waals surface area (Å²) in [5.41, 5.74) is 0.915. The first kappa shape index (κ1) is 13.6. The van der Waals surface area contributed by atoms with Gasteiger partial charge in [-0.25, -0.2) is 0 Å². The topological polar surface area (TPSA) is 50.7 Å². The molecular formula is C13H21NO3. The summed E-state index contributed by atoms with van der Waals surface area (Å²) in [6.45, 7) is 7.34. The van der Waals surface area contributed by atoms with Crippen molar-refractivity contribution in [1.29, 1.82) is 0 Å². The molecule has 0 aromatic heterocycles. The van der Waals surface area contributed by atoms with Crippen molar-refractivity contribution in [2.45, 2.75) is 26.9 Å². The third-order valence-corrected chi connectivity index (χ3v) is 2.14. The van der Waals surface area contributed by atoms with Crippen LogP contribution in [0, 0.1) is 0 Å². The van der Waals surface area contributed by atoms with Gasteiger partial charge in [0.15, 0.2) is 11.5 Å². The van der Waals surface area contributed by atoms with Gasteiger partial charge >= 0.3 is 0 Å². The predicted octanol–water partition coefficient (Wildman–Crippen LogP) is 2.28. The van der Waals surface area contributed by atoms with E-state index in [-0.39, 0.29) is 6.10 Å². The molecule has 0 spiro atoms. The van der Waals surface area contributed by atoms with E-state index in [0.717, 1.165) is 17.2 Å². The smallest absolute Gasteiger partial charge is 0.163 e. The van der Waals surface area contributed by atoms with Gasteiger partial charge in [0.2, 0.25) is 0 Å². The molecule has 0 aliphatic rings. The van der Waals surface area contributed by atoms with Crippen molar-refractivity contribution in [1.82, 2.24) is 0 Å². The molecule has 0 fully saturated rings. The van der Waals surface area contributed by atoms with Gasteiger partial charge in [-0.1, -0.05) is 0 Å². The summed E-state index contributed by atoms with van der Waals surface area (Å²) in [5, 5.41) is 12.3. The molecule has 0 heterocycles. The van der Waals surface area contributed by atoms with Crippen LogP contribution in [0.4, 0.5) is 5.69 Å². The zero-order valence-corrected chi connectivity index (χ0v) is 10.7. The molecule has 4 heteroatoms. The van der Waals surface area contributed by atoms with E-state index in [1.165, 1.54) is 0 Å². The van der Waals surface area contributed by atoms with E-state index in [2.05, 4.69) is 5.32 Å². The fourth-order valence-electron chi connectivity index (χ4n) is 1.43. The van der Waals surface area contributed by atoms with Crippen LogP contribution in [0.15, 0.2) is 18.2 Å². The Kier molecular flexibility index (Phi) is 5.63. The molecule has 0 aliphatic carbocycles. The van der Waals surface area contributed by atoms with Gasteiger partial charge in [-0.2, -0.15) is 0 Å². The highest BCUT2D eigenvalue weighted by atomic mass is 16.5. The highest BCUT2D eigenvalue weighted by Gasteiger charge is 2.06. The van der Waals surface area contributed by atoms with Gasteiger partial charge in [0.05, 0.1) is 19.3 Å². The summed E-state index contributed by atoms with van der Waals surface area (Å²) in [6, 6.07) is 5.67. The predicted molar refractivity (Wildman–Crippen MR) is 69.0 cm³/mol. The fraction of sp³-hybridized carbons (Fsp3) is 0.538. The molecule has 17 heavy (non-hydrogen) atoms. The highest BCUT2D eigenvalue weighted by Crippen LogP contribution is 2.30. The van der Waals surface area contributed by atoms with Gasteiger partial charge in [-0.3, -0.25) is 0 Å². The second-order valence-corrected chi connectivity index (χ2v) is 3.76. The Labute approximate surface area is 103 Å². The fourth-order valence-corrected chi connectivity index (χ4v) is 1.43. The van der Waals surface area contributed by atoms with Crippen LogP contribution in [0.1, 0.15) is 20.8 Å². The van der Waals surface area contributed by atoms with E-state index in [1.54, 1.807) is 6.92 Å². The van der Waals surface area contributed by atoms with Crippen molar-refractivity contribution < 1.29 is 14.6 Å². The van der Waals surface area contributed by atoms with Crippen LogP contribution >= 0.6 is 0 Å². The number of ether oxygens (including phenoxy) is 2. The first-order valence-corrected chi connectivity index (χ1v) is 5.99. The lowest BCUT2D eigenvalue weighted by atomic mass is 10.2. The molecule has 2 N–H and O–H groups in total. The van der Waals surface area contributed by atoms with Crippen LogP contribution in [-0.4, -0.2) is 31.0 Å². The maximum atomic E-state index is 9.21. The Bertz CT molecular complexity index is 339. The third-order valence-electron chi connectivity index (χ3n) is 2.14. The number of hydrogen-bond acceptors (Lipinski definition) is 4. The van der Waals surface area contributed by atoms with Crippen LogP contribution in [0.5, 0.6) is 11.5 Å². The van der Waals surface area contributed by atoms with Gasteiger partial charge in [-0.05, 0) is 32.9 Å². The quantitative estimate of drug-likeness (QED) is 0.766. The minimum absolute atomic E-state index is 0.378. The normalized spacial score (nSPS) is 12.0. The van der Waals surface area contributed by atoms with Crippen LogP contribution < -0.4 is 14.8 Å². The maximum absolute atomic E-state index is 9.21. The lowest BCUT2D eigenvalue weighted by Crippen LogP contribution is -2.15. The summed E-state index contributed by atoms with van der Waals surface area (Å²) in [4.78, 5) is 0. The number of nitrogens with one attached hydrogen (secondary N) is 1. The second-order valence-electron chi connectivity index (χ2n) is 3.76. The van der Waals surface area contributed by atoms with E-state index in [1.807, 2.05) is 32.0 Å². The molecule has 0 unspecified atom stereocenters.